The Morgan fingerprint density at radius 1 is 1.33 bits per heavy atom. The number of hydrogen-bond acceptors (Lipinski definition) is 2. The van der Waals surface area contributed by atoms with Crippen molar-refractivity contribution in [1.82, 2.24) is 0 Å². The van der Waals surface area contributed by atoms with E-state index in [2.05, 4.69) is 0 Å². The molecular weight excluding hydrogens is 196 g/mol. The van der Waals surface area contributed by atoms with E-state index >= 15 is 0 Å². The molecule has 1 aromatic rings. The molecule has 0 saturated carbocycles. The first kappa shape index (κ1) is 11.3. The number of hydrogen-bond donors (Lipinski definition) is 2. The van der Waals surface area contributed by atoms with E-state index in [1.807, 2.05) is 30.3 Å². The molecule has 0 atom stereocenters. The Morgan fingerprint density at radius 2 is 1.83 bits per heavy atom. The van der Waals surface area contributed by atoms with Crippen LogP contribution in [0, 0.1) is 6.42 Å². The molecule has 3 nitrogen and oxygen atoms in total. The predicted molar refractivity (Wildman–Crippen MR) is 39.8 cm³/mol. The van der Waals surface area contributed by atoms with Gasteiger partial charge in [0.2, 0.25) is 0 Å². The van der Waals surface area contributed by atoms with Gasteiger partial charge in [0.25, 0.3) is 0 Å². The molecule has 0 unspecified atom stereocenters. The van der Waals surface area contributed by atoms with Gasteiger partial charge < -0.3 is 5.11 Å². The van der Waals surface area contributed by atoms with E-state index < -0.39 is 15.5 Å². The summed E-state index contributed by atoms with van der Waals surface area (Å²) in [5, 5.41) is 8.46. The fraction of sp³-hybridized carbons (Fsp3) is 0.125. The number of rotatable bonds is 2. The second kappa shape index (κ2) is 8.44. The molecule has 0 heterocycles. The van der Waals surface area contributed by atoms with Gasteiger partial charge in [-0.15, -0.1) is 12.1 Å². The van der Waals surface area contributed by atoms with Crippen molar-refractivity contribution in [2.45, 2.75) is 0 Å². The monoisotopic (exact) mass is 206 g/mol. The average molecular weight is 206 g/mol. The van der Waals surface area contributed by atoms with Gasteiger partial charge in [0.05, 0.1) is 0 Å². The molecule has 0 aliphatic carbocycles. The van der Waals surface area contributed by atoms with Gasteiger partial charge in [0, 0.05) is 6.61 Å². The second-order valence-electron chi connectivity index (χ2n) is 1.87. The van der Waals surface area contributed by atoms with Crippen molar-refractivity contribution in [2.75, 3.05) is 6.61 Å². The van der Waals surface area contributed by atoms with Crippen LogP contribution >= 0.6 is 0 Å². The Balaban J connectivity index is 0.000000354. The molecule has 0 aliphatic heterocycles. The van der Waals surface area contributed by atoms with Gasteiger partial charge in [0.1, 0.15) is 0 Å². The summed E-state index contributed by atoms with van der Waals surface area (Å²) in [6, 6.07) is 9.75. The maximum atomic E-state index is 8.55. The Hall–Kier alpha value is -0.658. The topological polar surface area (TPSA) is 57.5 Å². The Morgan fingerprint density at radius 3 is 2.25 bits per heavy atom. The summed E-state index contributed by atoms with van der Waals surface area (Å²) in [6.07, 6.45) is 1.76. The van der Waals surface area contributed by atoms with Gasteiger partial charge in [0.15, 0.2) is 0 Å². The Labute approximate surface area is 77.9 Å². The number of aliphatic hydroxyl groups excluding tert-OH is 1. The molecule has 0 bridgehead atoms. The van der Waals surface area contributed by atoms with Crippen LogP contribution in [-0.2, 0) is 19.3 Å². The van der Waals surface area contributed by atoms with Gasteiger partial charge in [-0.3, -0.25) is 0 Å². The van der Waals surface area contributed by atoms with Crippen molar-refractivity contribution >= 4 is 0 Å². The molecule has 0 radical (unpaired) electrons. The zero-order valence-corrected chi connectivity index (χ0v) is 7.66. The van der Waals surface area contributed by atoms with Crippen molar-refractivity contribution in [1.29, 1.82) is 0 Å². The van der Waals surface area contributed by atoms with E-state index in [4.69, 9.17) is 13.1 Å². The van der Waals surface area contributed by atoms with Crippen LogP contribution in [0.5, 0.6) is 0 Å². The molecule has 12 heavy (non-hydrogen) atoms. The van der Waals surface area contributed by atoms with Crippen LogP contribution in [0.2, 0.25) is 0 Å². The maximum absolute atomic E-state index is 8.55. The van der Waals surface area contributed by atoms with E-state index in [-0.39, 0.29) is 6.61 Å². The van der Waals surface area contributed by atoms with Crippen LogP contribution in [0.15, 0.2) is 30.3 Å². The third kappa shape index (κ3) is 6.08. The summed E-state index contributed by atoms with van der Waals surface area (Å²) >= 11 is -1.38. The molecule has 0 aromatic heterocycles. The first-order valence-electron chi connectivity index (χ1n) is 3.27. The van der Waals surface area contributed by atoms with Crippen molar-refractivity contribution in [2.24, 2.45) is 0 Å². The van der Waals surface area contributed by atoms with E-state index in [1.54, 1.807) is 6.42 Å². The minimum absolute atomic E-state index is 0.115. The van der Waals surface area contributed by atoms with Crippen molar-refractivity contribution in [3.8, 4) is 0 Å². The third-order valence-corrected chi connectivity index (χ3v) is 1.13. The zero-order chi connectivity index (χ0) is 9.23. The summed E-state index contributed by atoms with van der Waals surface area (Å²) in [5.74, 6) is 0. The molecule has 0 spiro atoms. The third-order valence-electron chi connectivity index (χ3n) is 1.13. The van der Waals surface area contributed by atoms with Crippen LogP contribution < -0.4 is 0 Å². The van der Waals surface area contributed by atoms with Crippen LogP contribution in [0.3, 0.4) is 0 Å². The first-order valence-corrected chi connectivity index (χ1v) is 4.36. The van der Waals surface area contributed by atoms with Gasteiger partial charge >= 0.3 is 23.4 Å². The van der Waals surface area contributed by atoms with E-state index in [0.29, 0.717) is 0 Å². The van der Waals surface area contributed by atoms with Gasteiger partial charge in [-0.05, 0) is 0 Å². The molecule has 1 aromatic carbocycles. The number of aliphatic hydroxyl groups is 1. The SMILES string of the molecule is OC[CH-]c1ccccc1.[O]=[Cr][OH]. The Bertz CT molecular complexity index is 201. The predicted octanol–water partition coefficient (Wildman–Crippen LogP) is 0.553. The number of benzene rings is 1. The van der Waals surface area contributed by atoms with Crippen molar-refractivity contribution < 1.29 is 28.6 Å². The van der Waals surface area contributed by atoms with Gasteiger partial charge in [-0.2, -0.15) is 24.1 Å². The van der Waals surface area contributed by atoms with Gasteiger partial charge in [-0.1, -0.05) is 6.07 Å². The van der Waals surface area contributed by atoms with E-state index in [0.717, 1.165) is 5.56 Å². The molecule has 0 amide bonds. The van der Waals surface area contributed by atoms with Crippen molar-refractivity contribution in [3.05, 3.63) is 42.3 Å². The molecule has 67 valence electrons. The summed E-state index contributed by atoms with van der Waals surface area (Å²) in [7, 11) is 0. The summed E-state index contributed by atoms with van der Waals surface area (Å²) < 4.78 is 15.6. The zero-order valence-electron chi connectivity index (χ0n) is 6.38. The molecule has 0 saturated heterocycles. The molecule has 4 heteroatoms. The fourth-order valence-electron chi connectivity index (χ4n) is 0.695. The molecule has 0 fully saturated rings. The first-order chi connectivity index (χ1) is 5.85. The Kier molecular flexibility index (Phi) is 7.98. The second-order valence-corrected chi connectivity index (χ2v) is 2.10. The molecule has 2 N–H and O–H groups in total. The normalized spacial score (nSPS) is 7.83. The fourth-order valence-corrected chi connectivity index (χ4v) is 0.695. The van der Waals surface area contributed by atoms with E-state index in [1.165, 1.54) is 0 Å². The summed E-state index contributed by atoms with van der Waals surface area (Å²) in [6.45, 7) is 0.115. The van der Waals surface area contributed by atoms with Crippen LogP contribution in [-0.4, -0.2) is 15.9 Å². The summed E-state index contributed by atoms with van der Waals surface area (Å²) in [4.78, 5) is 0. The van der Waals surface area contributed by atoms with Gasteiger partial charge in [-0.25, -0.2) is 0 Å². The molecular formula is C8H10CrO3-. The average Bonchev–Trinajstić information content (AvgIpc) is 2.08. The molecule has 0 aliphatic rings. The van der Waals surface area contributed by atoms with Crippen LogP contribution in [0.25, 0.3) is 0 Å². The minimum atomic E-state index is -1.38. The summed E-state index contributed by atoms with van der Waals surface area (Å²) in [5.41, 5.74) is 1.07. The van der Waals surface area contributed by atoms with E-state index in [9.17, 15) is 0 Å². The molecule has 1 rings (SSSR count). The van der Waals surface area contributed by atoms with Crippen LogP contribution in [0.4, 0.5) is 0 Å². The van der Waals surface area contributed by atoms with Crippen molar-refractivity contribution in [3.63, 3.8) is 0 Å². The van der Waals surface area contributed by atoms with Crippen LogP contribution in [0.1, 0.15) is 5.56 Å². The quantitative estimate of drug-likeness (QED) is 0.695. The standard InChI is InChI=1S/C8H9O.Cr.H2O.O/c9-7-6-8-4-2-1-3-5-8;;;/h1-6,9H,7H2;;1H2;/q-1;+1;;/p-1.